The van der Waals surface area contributed by atoms with E-state index in [1.807, 2.05) is 11.3 Å². The summed E-state index contributed by atoms with van der Waals surface area (Å²) >= 11 is 1.87. The van der Waals surface area contributed by atoms with Crippen molar-refractivity contribution in [2.24, 2.45) is 0 Å². The SMILES string of the molecule is c1ccc(-c2ccccc2-c2c(-c3ccccc3)cccc2N(c2ccc(-c3ccc4c5ccccc5n(-c5ccccc5)c4c3)cc2)c2cccc3c2sc2ccccc23)cc1. The van der Waals surface area contributed by atoms with Gasteiger partial charge in [0.1, 0.15) is 0 Å². The fourth-order valence-electron chi connectivity index (χ4n) is 9.56. The van der Waals surface area contributed by atoms with Crippen LogP contribution in [0.25, 0.3) is 92.2 Å². The molecule has 2 aromatic heterocycles. The average Bonchev–Trinajstić information content (AvgIpc) is 3.91. The molecule has 0 saturated heterocycles. The molecular formula is C60H40N2S. The number of nitrogens with zero attached hydrogens (tertiary/aromatic N) is 2. The van der Waals surface area contributed by atoms with Crippen LogP contribution >= 0.6 is 11.3 Å². The van der Waals surface area contributed by atoms with E-state index in [1.165, 1.54) is 86.5 Å². The van der Waals surface area contributed by atoms with E-state index in [0.717, 1.165) is 22.7 Å². The minimum Gasteiger partial charge on any atom is -0.309 e. The Kier molecular flexibility index (Phi) is 9.06. The van der Waals surface area contributed by atoms with Crippen LogP contribution in [0.15, 0.2) is 243 Å². The largest absolute Gasteiger partial charge is 0.309 e. The Balaban J connectivity index is 1.09. The van der Waals surface area contributed by atoms with Gasteiger partial charge in [-0.15, -0.1) is 11.3 Å². The van der Waals surface area contributed by atoms with E-state index >= 15 is 0 Å². The third-order valence-corrected chi connectivity index (χ3v) is 13.6. The van der Waals surface area contributed by atoms with Crippen molar-refractivity contribution in [3.63, 3.8) is 0 Å². The molecule has 0 aliphatic rings. The van der Waals surface area contributed by atoms with Crippen molar-refractivity contribution in [2.75, 3.05) is 4.90 Å². The van der Waals surface area contributed by atoms with E-state index in [4.69, 9.17) is 0 Å². The summed E-state index contributed by atoms with van der Waals surface area (Å²) in [7, 11) is 0. The number of fused-ring (bicyclic) bond motifs is 6. The van der Waals surface area contributed by atoms with Gasteiger partial charge in [0.2, 0.25) is 0 Å². The third kappa shape index (κ3) is 6.33. The number of para-hydroxylation sites is 2. The van der Waals surface area contributed by atoms with E-state index in [2.05, 4.69) is 252 Å². The molecule has 296 valence electrons. The third-order valence-electron chi connectivity index (χ3n) is 12.4. The quantitative estimate of drug-likeness (QED) is 0.148. The Bertz CT molecular complexity index is 3600. The molecule has 0 aliphatic heterocycles. The van der Waals surface area contributed by atoms with Crippen LogP contribution in [0.2, 0.25) is 0 Å². The van der Waals surface area contributed by atoms with Gasteiger partial charge < -0.3 is 9.47 Å². The molecule has 10 aromatic carbocycles. The van der Waals surface area contributed by atoms with E-state index in [1.54, 1.807) is 0 Å². The summed E-state index contributed by atoms with van der Waals surface area (Å²) in [5, 5.41) is 5.05. The van der Waals surface area contributed by atoms with Gasteiger partial charge in [-0.1, -0.05) is 188 Å². The van der Waals surface area contributed by atoms with Crippen LogP contribution in [-0.2, 0) is 0 Å². The van der Waals surface area contributed by atoms with Crippen LogP contribution in [0.5, 0.6) is 0 Å². The van der Waals surface area contributed by atoms with Crippen LogP contribution in [0.1, 0.15) is 0 Å². The van der Waals surface area contributed by atoms with Gasteiger partial charge in [-0.05, 0) is 93.5 Å². The van der Waals surface area contributed by atoms with Crippen molar-refractivity contribution >= 4 is 70.4 Å². The lowest BCUT2D eigenvalue weighted by atomic mass is 9.87. The Labute approximate surface area is 370 Å². The molecule has 0 bridgehead atoms. The van der Waals surface area contributed by atoms with Crippen molar-refractivity contribution in [2.45, 2.75) is 0 Å². The Morgan fingerprint density at radius 2 is 0.889 bits per heavy atom. The summed E-state index contributed by atoms with van der Waals surface area (Å²) < 4.78 is 4.94. The number of aromatic nitrogens is 1. The molecule has 12 rings (SSSR count). The van der Waals surface area contributed by atoms with Gasteiger partial charge in [0, 0.05) is 43.2 Å². The van der Waals surface area contributed by atoms with Crippen LogP contribution in [0.3, 0.4) is 0 Å². The number of benzene rings is 10. The normalized spacial score (nSPS) is 11.5. The van der Waals surface area contributed by atoms with E-state index < -0.39 is 0 Å². The zero-order chi connectivity index (χ0) is 41.7. The molecule has 0 aliphatic carbocycles. The summed E-state index contributed by atoms with van der Waals surface area (Å²) in [5.41, 5.74) is 16.4. The van der Waals surface area contributed by atoms with Gasteiger partial charge in [-0.25, -0.2) is 0 Å². The summed E-state index contributed by atoms with van der Waals surface area (Å²) in [5.74, 6) is 0. The average molecular weight is 821 g/mol. The zero-order valence-electron chi connectivity index (χ0n) is 34.4. The zero-order valence-corrected chi connectivity index (χ0v) is 35.2. The number of anilines is 3. The smallest absolute Gasteiger partial charge is 0.0640 e. The molecule has 0 atom stereocenters. The molecule has 0 amide bonds. The van der Waals surface area contributed by atoms with Crippen molar-refractivity contribution in [1.82, 2.24) is 4.57 Å². The number of hydrogen-bond acceptors (Lipinski definition) is 2. The predicted octanol–water partition coefficient (Wildman–Crippen LogP) is 17.3. The molecule has 0 saturated carbocycles. The molecular weight excluding hydrogens is 781 g/mol. The summed E-state index contributed by atoms with van der Waals surface area (Å²) in [6.07, 6.45) is 0. The first-order valence-corrected chi connectivity index (χ1v) is 22.3. The molecule has 0 radical (unpaired) electrons. The topological polar surface area (TPSA) is 8.17 Å². The second kappa shape index (κ2) is 15.5. The number of rotatable bonds is 8. The lowest BCUT2D eigenvalue weighted by Gasteiger charge is -2.30. The Hall–Kier alpha value is -7.98. The van der Waals surface area contributed by atoms with Gasteiger partial charge in [-0.3, -0.25) is 0 Å². The molecule has 0 unspecified atom stereocenters. The minimum absolute atomic E-state index is 1.09. The van der Waals surface area contributed by atoms with Crippen LogP contribution in [0, 0.1) is 0 Å². The van der Waals surface area contributed by atoms with Crippen molar-refractivity contribution in [1.29, 1.82) is 0 Å². The van der Waals surface area contributed by atoms with Crippen molar-refractivity contribution < 1.29 is 0 Å². The Morgan fingerprint density at radius 1 is 0.333 bits per heavy atom. The lowest BCUT2D eigenvalue weighted by Crippen LogP contribution is -2.12. The molecule has 0 N–H and O–H groups in total. The molecule has 0 spiro atoms. The van der Waals surface area contributed by atoms with Crippen LogP contribution in [-0.4, -0.2) is 4.57 Å². The van der Waals surface area contributed by atoms with E-state index in [9.17, 15) is 0 Å². The molecule has 2 heterocycles. The summed E-state index contributed by atoms with van der Waals surface area (Å²) in [6, 6.07) is 88.4. The second-order valence-corrected chi connectivity index (χ2v) is 17.1. The highest BCUT2D eigenvalue weighted by Gasteiger charge is 2.25. The van der Waals surface area contributed by atoms with Gasteiger partial charge in [0.25, 0.3) is 0 Å². The van der Waals surface area contributed by atoms with E-state index in [-0.39, 0.29) is 0 Å². The maximum atomic E-state index is 2.50. The summed E-state index contributed by atoms with van der Waals surface area (Å²) in [4.78, 5) is 2.50. The summed E-state index contributed by atoms with van der Waals surface area (Å²) in [6.45, 7) is 0. The van der Waals surface area contributed by atoms with Crippen LogP contribution < -0.4 is 4.90 Å². The Morgan fingerprint density at radius 3 is 1.67 bits per heavy atom. The first kappa shape index (κ1) is 36.8. The number of hydrogen-bond donors (Lipinski definition) is 0. The van der Waals surface area contributed by atoms with Crippen molar-refractivity contribution in [3.8, 4) is 50.2 Å². The standard InChI is InChI=1S/C60H40N2S/c1-4-18-42(19-5-1)47-24-10-11-27-52(47)59-48(43-20-6-2-7-21-43)28-16-31-55(59)62(56-32-17-29-53-51-26-13-15-33-58(51)63-60(53)56)46-37-34-41(35-38-46)44-36-39-50-49-25-12-14-30-54(49)61(57(50)40-44)45-22-8-3-9-23-45/h1-40H. The molecule has 3 heteroatoms. The van der Waals surface area contributed by atoms with Crippen molar-refractivity contribution in [3.05, 3.63) is 243 Å². The highest BCUT2D eigenvalue weighted by Crippen LogP contribution is 2.51. The maximum absolute atomic E-state index is 2.50. The highest BCUT2D eigenvalue weighted by atomic mass is 32.1. The fourth-order valence-corrected chi connectivity index (χ4v) is 10.8. The number of thiophene rings is 1. The lowest BCUT2D eigenvalue weighted by molar-refractivity contribution is 1.18. The molecule has 2 nitrogen and oxygen atoms in total. The fraction of sp³-hybridized carbons (Fsp3) is 0. The van der Waals surface area contributed by atoms with Crippen LogP contribution in [0.4, 0.5) is 17.1 Å². The molecule has 12 aromatic rings. The highest BCUT2D eigenvalue weighted by molar-refractivity contribution is 7.26. The predicted molar refractivity (Wildman–Crippen MR) is 270 cm³/mol. The molecule has 0 fully saturated rings. The van der Waals surface area contributed by atoms with Gasteiger partial charge in [0.15, 0.2) is 0 Å². The molecule has 63 heavy (non-hydrogen) atoms. The second-order valence-electron chi connectivity index (χ2n) is 16.0. The van der Waals surface area contributed by atoms with Gasteiger partial charge in [0.05, 0.1) is 27.1 Å². The monoisotopic (exact) mass is 820 g/mol. The first-order chi connectivity index (χ1) is 31.3. The van der Waals surface area contributed by atoms with Gasteiger partial charge in [-0.2, -0.15) is 0 Å². The first-order valence-electron chi connectivity index (χ1n) is 21.5. The minimum atomic E-state index is 1.09. The van der Waals surface area contributed by atoms with E-state index in [0.29, 0.717) is 0 Å². The maximum Gasteiger partial charge on any atom is 0.0640 e. The van der Waals surface area contributed by atoms with Gasteiger partial charge >= 0.3 is 0 Å².